The van der Waals surface area contributed by atoms with Crippen molar-refractivity contribution in [2.24, 2.45) is 13.0 Å². The van der Waals surface area contributed by atoms with E-state index in [2.05, 4.69) is 10.2 Å². The van der Waals surface area contributed by atoms with Gasteiger partial charge in [0.25, 0.3) is 0 Å². The van der Waals surface area contributed by atoms with Crippen molar-refractivity contribution >= 4 is 5.91 Å². The molecule has 0 unspecified atom stereocenters. The van der Waals surface area contributed by atoms with Gasteiger partial charge in [-0.15, -0.1) is 10.2 Å². The number of benzene rings is 1. The van der Waals surface area contributed by atoms with Gasteiger partial charge in [0, 0.05) is 19.5 Å². The van der Waals surface area contributed by atoms with Gasteiger partial charge in [0.05, 0.1) is 13.2 Å². The molecule has 24 heavy (non-hydrogen) atoms. The van der Waals surface area contributed by atoms with Gasteiger partial charge in [-0.1, -0.05) is 12.1 Å². The first kappa shape index (κ1) is 15.3. The number of carbonyl (C=O) groups excluding carboxylic acids is 1. The SMILES string of the molecule is Cn1cnnc1[C@@H]1CN(C(=O)[C@H]2C[C@H]2c2ccc(F)cc2)CCO1. The molecule has 1 saturated carbocycles. The number of nitrogens with zero attached hydrogens (tertiary/aromatic N) is 4. The Bertz CT molecular complexity index is 745. The summed E-state index contributed by atoms with van der Waals surface area (Å²) in [6, 6.07) is 6.45. The van der Waals surface area contributed by atoms with Gasteiger partial charge in [0.2, 0.25) is 5.91 Å². The first-order valence-corrected chi connectivity index (χ1v) is 8.13. The Morgan fingerprint density at radius 1 is 1.33 bits per heavy atom. The van der Waals surface area contributed by atoms with E-state index in [4.69, 9.17) is 4.74 Å². The van der Waals surface area contributed by atoms with Crippen LogP contribution in [0.5, 0.6) is 0 Å². The van der Waals surface area contributed by atoms with Crippen molar-refractivity contribution in [3.63, 3.8) is 0 Å². The monoisotopic (exact) mass is 330 g/mol. The second-order valence-corrected chi connectivity index (χ2v) is 6.44. The molecule has 6 nitrogen and oxygen atoms in total. The summed E-state index contributed by atoms with van der Waals surface area (Å²) in [5.74, 6) is 0.836. The highest BCUT2D eigenvalue weighted by molar-refractivity contribution is 5.83. The standard InChI is InChI=1S/C17H19FN4O2/c1-21-10-19-20-16(21)15-9-22(6-7-24-15)17(23)14-8-13(14)11-2-4-12(18)5-3-11/h2-5,10,13-15H,6-9H2,1H3/t13-,14-,15-/m0/s1. The molecule has 1 aromatic carbocycles. The fraction of sp³-hybridized carbons (Fsp3) is 0.471. The van der Waals surface area contributed by atoms with Crippen LogP contribution in [0.1, 0.15) is 29.8 Å². The van der Waals surface area contributed by atoms with Crippen LogP contribution < -0.4 is 0 Å². The maximum Gasteiger partial charge on any atom is 0.226 e. The first-order chi connectivity index (χ1) is 11.6. The van der Waals surface area contributed by atoms with Crippen molar-refractivity contribution in [3.8, 4) is 0 Å². The van der Waals surface area contributed by atoms with E-state index >= 15 is 0 Å². The van der Waals surface area contributed by atoms with Crippen LogP contribution in [0.2, 0.25) is 0 Å². The van der Waals surface area contributed by atoms with Gasteiger partial charge in [-0.25, -0.2) is 4.39 Å². The van der Waals surface area contributed by atoms with E-state index in [0.29, 0.717) is 19.7 Å². The largest absolute Gasteiger partial charge is 0.366 e. The highest BCUT2D eigenvalue weighted by Gasteiger charge is 2.46. The Balaban J connectivity index is 1.42. The predicted octanol–water partition coefficient (Wildman–Crippen LogP) is 1.66. The maximum atomic E-state index is 13.0. The number of aromatic nitrogens is 3. The maximum absolute atomic E-state index is 13.0. The predicted molar refractivity (Wildman–Crippen MR) is 83.5 cm³/mol. The molecule has 2 aliphatic rings. The van der Waals surface area contributed by atoms with Crippen LogP contribution in [-0.4, -0.2) is 45.3 Å². The third kappa shape index (κ3) is 2.80. The van der Waals surface area contributed by atoms with Gasteiger partial charge in [-0.05, 0) is 30.0 Å². The quantitative estimate of drug-likeness (QED) is 0.859. The summed E-state index contributed by atoms with van der Waals surface area (Å²) in [4.78, 5) is 14.6. The average Bonchev–Trinajstić information content (AvgIpc) is 3.28. The molecular formula is C17H19FN4O2. The zero-order valence-electron chi connectivity index (χ0n) is 13.4. The summed E-state index contributed by atoms with van der Waals surface area (Å²) in [6.45, 7) is 1.59. The number of aryl methyl sites for hydroxylation is 1. The van der Waals surface area contributed by atoms with Crippen LogP contribution in [0.3, 0.4) is 0 Å². The Kier molecular flexibility index (Phi) is 3.80. The van der Waals surface area contributed by atoms with Gasteiger partial charge in [-0.3, -0.25) is 4.79 Å². The molecule has 0 N–H and O–H groups in total. The smallest absolute Gasteiger partial charge is 0.226 e. The number of carbonyl (C=O) groups is 1. The van der Waals surface area contributed by atoms with Crippen LogP contribution in [-0.2, 0) is 16.6 Å². The van der Waals surface area contributed by atoms with E-state index in [0.717, 1.165) is 17.8 Å². The van der Waals surface area contributed by atoms with Crippen LogP contribution in [0.15, 0.2) is 30.6 Å². The van der Waals surface area contributed by atoms with Crippen LogP contribution in [0.4, 0.5) is 4.39 Å². The number of ether oxygens (including phenoxy) is 1. The molecular weight excluding hydrogens is 311 g/mol. The molecule has 3 atom stereocenters. The van der Waals surface area contributed by atoms with E-state index < -0.39 is 0 Å². The summed E-state index contributed by atoms with van der Waals surface area (Å²) in [6.07, 6.45) is 2.22. The Hall–Kier alpha value is -2.28. The Labute approximate surface area is 139 Å². The summed E-state index contributed by atoms with van der Waals surface area (Å²) in [5.41, 5.74) is 1.04. The van der Waals surface area contributed by atoms with Crippen molar-refractivity contribution in [2.45, 2.75) is 18.4 Å². The number of hydrogen-bond acceptors (Lipinski definition) is 4. The molecule has 0 spiro atoms. The van der Waals surface area contributed by atoms with Crippen LogP contribution in [0, 0.1) is 11.7 Å². The van der Waals surface area contributed by atoms with Gasteiger partial charge in [-0.2, -0.15) is 0 Å². The summed E-state index contributed by atoms with van der Waals surface area (Å²) < 4.78 is 20.6. The fourth-order valence-corrected chi connectivity index (χ4v) is 3.37. The molecule has 2 aromatic rings. The van der Waals surface area contributed by atoms with E-state index in [1.54, 1.807) is 18.5 Å². The molecule has 1 aliphatic carbocycles. The molecule has 0 radical (unpaired) electrons. The van der Waals surface area contributed by atoms with Crippen LogP contribution >= 0.6 is 0 Å². The van der Waals surface area contributed by atoms with Crippen molar-refractivity contribution in [2.75, 3.05) is 19.7 Å². The van der Waals surface area contributed by atoms with Crippen molar-refractivity contribution < 1.29 is 13.9 Å². The number of morpholine rings is 1. The first-order valence-electron chi connectivity index (χ1n) is 8.13. The zero-order valence-corrected chi connectivity index (χ0v) is 13.4. The lowest BCUT2D eigenvalue weighted by molar-refractivity contribution is -0.140. The fourth-order valence-electron chi connectivity index (χ4n) is 3.37. The lowest BCUT2D eigenvalue weighted by Crippen LogP contribution is -2.43. The molecule has 4 rings (SSSR count). The van der Waals surface area contributed by atoms with E-state index in [1.807, 2.05) is 16.5 Å². The highest BCUT2D eigenvalue weighted by atomic mass is 19.1. The van der Waals surface area contributed by atoms with E-state index in [9.17, 15) is 9.18 Å². The van der Waals surface area contributed by atoms with Crippen molar-refractivity contribution in [3.05, 3.63) is 47.8 Å². The zero-order chi connectivity index (χ0) is 16.7. The number of amides is 1. The molecule has 7 heteroatoms. The van der Waals surface area contributed by atoms with Gasteiger partial charge >= 0.3 is 0 Å². The van der Waals surface area contributed by atoms with Gasteiger partial charge in [0.15, 0.2) is 5.82 Å². The minimum absolute atomic E-state index is 0.00583. The van der Waals surface area contributed by atoms with Gasteiger partial charge in [0.1, 0.15) is 18.2 Å². The molecule has 126 valence electrons. The minimum Gasteiger partial charge on any atom is -0.366 e. The second kappa shape index (κ2) is 5.98. The molecule has 1 saturated heterocycles. The molecule has 0 bridgehead atoms. The third-order valence-electron chi connectivity index (χ3n) is 4.82. The summed E-state index contributed by atoms with van der Waals surface area (Å²) in [7, 11) is 1.87. The lowest BCUT2D eigenvalue weighted by atomic mass is 10.1. The minimum atomic E-state index is -0.248. The Morgan fingerprint density at radius 3 is 2.83 bits per heavy atom. The number of halogens is 1. The van der Waals surface area contributed by atoms with E-state index in [-0.39, 0.29) is 29.7 Å². The van der Waals surface area contributed by atoms with Crippen LogP contribution in [0.25, 0.3) is 0 Å². The number of hydrogen-bond donors (Lipinski definition) is 0. The molecule has 1 aromatic heterocycles. The Morgan fingerprint density at radius 2 is 2.12 bits per heavy atom. The second-order valence-electron chi connectivity index (χ2n) is 6.44. The number of rotatable bonds is 3. The molecule has 1 amide bonds. The average molecular weight is 330 g/mol. The highest BCUT2D eigenvalue weighted by Crippen LogP contribution is 2.48. The molecule has 1 aliphatic heterocycles. The molecule has 2 heterocycles. The lowest BCUT2D eigenvalue weighted by Gasteiger charge is -2.32. The summed E-state index contributed by atoms with van der Waals surface area (Å²) >= 11 is 0. The topological polar surface area (TPSA) is 60.2 Å². The molecule has 2 fully saturated rings. The summed E-state index contributed by atoms with van der Waals surface area (Å²) in [5, 5.41) is 7.95. The van der Waals surface area contributed by atoms with E-state index in [1.165, 1.54) is 12.1 Å². The van der Waals surface area contributed by atoms with Crippen molar-refractivity contribution in [1.29, 1.82) is 0 Å². The normalized spacial score (nSPS) is 26.4. The van der Waals surface area contributed by atoms with Crippen molar-refractivity contribution in [1.82, 2.24) is 19.7 Å². The third-order valence-corrected chi connectivity index (χ3v) is 4.82. The van der Waals surface area contributed by atoms with Gasteiger partial charge < -0.3 is 14.2 Å².